The van der Waals surface area contributed by atoms with Crippen molar-refractivity contribution in [2.45, 2.75) is 55.0 Å². The van der Waals surface area contributed by atoms with Gasteiger partial charge in [0.05, 0.1) is 0 Å². The number of aryl methyl sites for hydroxylation is 1. The molecular weight excluding hydrogens is 497 g/mol. The zero-order chi connectivity index (χ0) is 26.2. The Morgan fingerprint density at radius 2 is 1.81 bits per heavy atom. The number of nitrogens with one attached hydrogen (secondary N) is 1. The molecule has 5 N–H and O–H groups in total. The Morgan fingerprint density at radius 1 is 1.08 bits per heavy atom. The monoisotopic (exact) mass is 524 g/mol. The number of hydrogen-bond acceptors (Lipinski definition) is 5. The summed E-state index contributed by atoms with van der Waals surface area (Å²) in [5, 5.41) is 7.65. The molecule has 3 atom stereocenters. The first kappa shape index (κ1) is 26.1. The van der Waals surface area contributed by atoms with Gasteiger partial charge in [0.2, 0.25) is 15.9 Å². The molecule has 1 saturated heterocycles. The molecule has 0 aromatic heterocycles. The van der Waals surface area contributed by atoms with Gasteiger partial charge < -0.3 is 16.0 Å². The van der Waals surface area contributed by atoms with Crippen LogP contribution in [0.2, 0.25) is 0 Å². The minimum Gasteiger partial charge on any atom is -0.350 e. The van der Waals surface area contributed by atoms with Gasteiger partial charge in [-0.1, -0.05) is 0 Å². The Balaban J connectivity index is 1.37. The summed E-state index contributed by atoms with van der Waals surface area (Å²) in [6.45, 7) is 0.595. The Bertz CT molecular complexity index is 1300. The number of nitrogens with zero attached hydrogens (tertiary/aromatic N) is 1. The van der Waals surface area contributed by atoms with Gasteiger partial charge in [0, 0.05) is 43.1 Å². The summed E-state index contributed by atoms with van der Waals surface area (Å²) in [5.41, 5.74) is 7.59. The molecular formula is C24H27F3N4O4S. The van der Waals surface area contributed by atoms with Crippen LogP contribution >= 0.6 is 0 Å². The molecule has 0 spiro atoms. The fraction of sp³-hybridized carbons (Fsp3) is 0.417. The molecule has 36 heavy (non-hydrogen) atoms. The highest BCUT2D eigenvalue weighted by Gasteiger charge is 2.34. The maximum absolute atomic E-state index is 13.8. The smallest absolute Gasteiger partial charge is 0.251 e. The van der Waals surface area contributed by atoms with Gasteiger partial charge in [0.1, 0.15) is 10.7 Å². The highest BCUT2D eigenvalue weighted by molar-refractivity contribution is 7.89. The van der Waals surface area contributed by atoms with Crippen molar-refractivity contribution in [3.05, 3.63) is 64.5 Å². The highest BCUT2D eigenvalue weighted by Crippen LogP contribution is 2.37. The topological polar surface area (TPSA) is 136 Å². The Hall–Kier alpha value is -2.96. The number of nitrogens with two attached hydrogens (primary N) is 2. The summed E-state index contributed by atoms with van der Waals surface area (Å²) >= 11 is 0. The number of hydrogen-bond donors (Lipinski definition) is 3. The normalized spacial score (nSPS) is 20.3. The van der Waals surface area contributed by atoms with Crippen LogP contribution in [-0.2, 0) is 21.2 Å². The number of halogens is 3. The van der Waals surface area contributed by atoms with Crippen molar-refractivity contribution in [1.82, 2.24) is 10.2 Å². The highest BCUT2D eigenvalue weighted by atomic mass is 32.2. The third-order valence-corrected chi connectivity index (χ3v) is 7.85. The van der Waals surface area contributed by atoms with Crippen LogP contribution in [-0.4, -0.2) is 50.3 Å². The van der Waals surface area contributed by atoms with E-state index in [1.54, 1.807) is 4.90 Å². The van der Waals surface area contributed by atoms with Crippen LogP contribution in [0.5, 0.6) is 0 Å². The van der Waals surface area contributed by atoms with Crippen LogP contribution in [0, 0.1) is 17.5 Å². The second kappa shape index (κ2) is 10.2. The maximum Gasteiger partial charge on any atom is 0.251 e. The summed E-state index contributed by atoms with van der Waals surface area (Å²) in [4.78, 5) is 26.4. The van der Waals surface area contributed by atoms with Crippen molar-refractivity contribution in [1.29, 1.82) is 0 Å². The second-order valence-corrected chi connectivity index (χ2v) is 10.8. The third kappa shape index (κ3) is 5.40. The molecule has 194 valence electrons. The molecule has 4 rings (SSSR count). The molecule has 2 aromatic rings. The Kier molecular flexibility index (Phi) is 7.39. The lowest BCUT2D eigenvalue weighted by atomic mass is 9.91. The third-order valence-electron chi connectivity index (χ3n) is 6.93. The fourth-order valence-electron chi connectivity index (χ4n) is 5.09. The number of carbonyl (C=O) groups excluding carboxylic acids is 2. The van der Waals surface area contributed by atoms with Crippen molar-refractivity contribution in [3.8, 4) is 0 Å². The SMILES string of the molecule is N[C@@H](CC(=O)N1CCC[C@H]1CNC(=O)c1ccc(F)c(S(N)(=O)=O)c1)[C@H]1CCc2cc(F)c(F)cc21. The number of rotatable bonds is 7. The van der Waals surface area contributed by atoms with Crippen molar-refractivity contribution in [2.24, 2.45) is 10.9 Å². The average Bonchev–Trinajstić information content (AvgIpc) is 3.44. The lowest BCUT2D eigenvalue weighted by molar-refractivity contribution is -0.132. The second-order valence-electron chi connectivity index (χ2n) is 9.26. The lowest BCUT2D eigenvalue weighted by Gasteiger charge is -2.28. The summed E-state index contributed by atoms with van der Waals surface area (Å²) in [7, 11) is -4.34. The molecule has 1 aliphatic carbocycles. The first-order valence-corrected chi connectivity index (χ1v) is 13.1. The number of sulfonamides is 1. The van der Waals surface area contributed by atoms with Gasteiger partial charge in [0.15, 0.2) is 11.6 Å². The van der Waals surface area contributed by atoms with E-state index in [9.17, 15) is 31.2 Å². The molecule has 0 radical (unpaired) electrons. The van der Waals surface area contributed by atoms with E-state index < -0.39 is 44.3 Å². The molecule has 2 aliphatic rings. The predicted molar refractivity (Wildman–Crippen MR) is 125 cm³/mol. The molecule has 1 fully saturated rings. The number of amides is 2. The first-order valence-electron chi connectivity index (χ1n) is 11.6. The van der Waals surface area contributed by atoms with E-state index in [1.165, 1.54) is 6.07 Å². The fourth-order valence-corrected chi connectivity index (χ4v) is 5.72. The van der Waals surface area contributed by atoms with Crippen LogP contribution in [0.25, 0.3) is 0 Å². The molecule has 2 amide bonds. The molecule has 1 heterocycles. The summed E-state index contributed by atoms with van der Waals surface area (Å²) in [5.74, 6) is -3.99. The zero-order valence-electron chi connectivity index (χ0n) is 19.3. The maximum atomic E-state index is 13.8. The summed E-state index contributed by atoms with van der Waals surface area (Å²) in [6, 6.07) is 4.34. The predicted octanol–water partition coefficient (Wildman–Crippen LogP) is 1.92. The van der Waals surface area contributed by atoms with E-state index in [2.05, 4.69) is 5.32 Å². The molecule has 0 unspecified atom stereocenters. The standard InChI is InChI=1S/C24H27F3N4O4S/c25-18-6-4-14(9-22(18)36(29,34)35)24(33)30-12-15-2-1-7-31(15)23(32)11-21(28)16-5-3-13-8-19(26)20(27)10-17(13)16/h4,6,8-10,15-16,21H,1-3,5,7,11-12,28H2,(H,30,33)(H2,29,34,35)/t15-,16-,21-/m0/s1. The molecule has 2 aromatic carbocycles. The van der Waals surface area contributed by atoms with Crippen molar-refractivity contribution in [2.75, 3.05) is 13.1 Å². The minimum absolute atomic E-state index is 0.0171. The molecule has 12 heteroatoms. The van der Waals surface area contributed by atoms with E-state index in [-0.39, 0.29) is 36.4 Å². The summed E-state index contributed by atoms with van der Waals surface area (Å²) in [6.07, 6.45) is 2.55. The quantitative estimate of drug-likeness (QED) is 0.509. The molecule has 0 saturated carbocycles. The van der Waals surface area contributed by atoms with Crippen LogP contribution < -0.4 is 16.2 Å². The number of primary sulfonamides is 1. The van der Waals surface area contributed by atoms with Crippen molar-refractivity contribution in [3.63, 3.8) is 0 Å². The Morgan fingerprint density at radius 3 is 2.53 bits per heavy atom. The van der Waals surface area contributed by atoms with E-state index in [1.807, 2.05) is 0 Å². The number of carbonyl (C=O) groups is 2. The van der Waals surface area contributed by atoms with Gasteiger partial charge >= 0.3 is 0 Å². The van der Waals surface area contributed by atoms with E-state index in [4.69, 9.17) is 10.9 Å². The molecule has 8 nitrogen and oxygen atoms in total. The number of fused-ring (bicyclic) bond motifs is 1. The van der Waals surface area contributed by atoms with Gasteiger partial charge in [-0.05, 0) is 67.1 Å². The van der Waals surface area contributed by atoms with Gasteiger partial charge in [-0.2, -0.15) is 0 Å². The van der Waals surface area contributed by atoms with Crippen LogP contribution in [0.15, 0.2) is 35.2 Å². The van der Waals surface area contributed by atoms with E-state index in [0.29, 0.717) is 36.9 Å². The summed E-state index contributed by atoms with van der Waals surface area (Å²) < 4.78 is 64.1. The van der Waals surface area contributed by atoms with Gasteiger partial charge in [-0.25, -0.2) is 26.7 Å². The van der Waals surface area contributed by atoms with E-state index >= 15 is 0 Å². The largest absolute Gasteiger partial charge is 0.350 e. The zero-order valence-corrected chi connectivity index (χ0v) is 20.2. The van der Waals surface area contributed by atoms with Gasteiger partial charge in [0.25, 0.3) is 5.91 Å². The van der Waals surface area contributed by atoms with Crippen molar-refractivity contribution >= 4 is 21.8 Å². The van der Waals surface area contributed by atoms with Crippen molar-refractivity contribution < 1.29 is 31.2 Å². The minimum atomic E-state index is -4.34. The average molecular weight is 525 g/mol. The number of benzene rings is 2. The molecule has 1 aliphatic heterocycles. The Labute approximate surface area is 206 Å². The van der Waals surface area contributed by atoms with Gasteiger partial charge in [-0.15, -0.1) is 0 Å². The lowest BCUT2D eigenvalue weighted by Crippen LogP contribution is -2.45. The van der Waals surface area contributed by atoms with E-state index in [0.717, 1.165) is 30.7 Å². The first-order chi connectivity index (χ1) is 17.0. The molecule has 0 bridgehead atoms. The van der Waals surface area contributed by atoms with Crippen LogP contribution in [0.1, 0.15) is 53.1 Å². The van der Waals surface area contributed by atoms with Crippen LogP contribution in [0.3, 0.4) is 0 Å². The van der Waals surface area contributed by atoms with Gasteiger partial charge in [-0.3, -0.25) is 9.59 Å². The number of likely N-dealkylation sites (tertiary alicyclic amines) is 1. The van der Waals surface area contributed by atoms with Crippen LogP contribution in [0.4, 0.5) is 13.2 Å².